The minimum atomic E-state index is -0.532. The Bertz CT molecular complexity index is 1340. The molecule has 5 rings (SSSR count). The van der Waals surface area contributed by atoms with E-state index in [2.05, 4.69) is 29.3 Å². The van der Waals surface area contributed by atoms with E-state index in [0.717, 1.165) is 26.6 Å². The van der Waals surface area contributed by atoms with E-state index in [9.17, 15) is 4.79 Å². The summed E-state index contributed by atoms with van der Waals surface area (Å²) in [5.74, 6) is 0.000127. The highest BCUT2D eigenvalue weighted by molar-refractivity contribution is 7.16. The third kappa shape index (κ3) is 4.00. The van der Waals surface area contributed by atoms with Crippen molar-refractivity contribution in [3.63, 3.8) is 0 Å². The van der Waals surface area contributed by atoms with Gasteiger partial charge in [0.2, 0.25) is 5.88 Å². The van der Waals surface area contributed by atoms with E-state index in [-0.39, 0.29) is 0 Å². The molecule has 1 aromatic carbocycles. The van der Waals surface area contributed by atoms with Crippen molar-refractivity contribution in [1.82, 2.24) is 9.88 Å². The Morgan fingerprint density at radius 1 is 1.19 bits per heavy atom. The molecule has 0 spiro atoms. The van der Waals surface area contributed by atoms with Gasteiger partial charge in [0.15, 0.2) is 6.40 Å². The SMILES string of the molecule is NC(=O)C1=CC2CN1/C=C/N=COC/C=C/C=C/c1ccc3c(c1)c(nc1sccc13)O2. The zero-order valence-electron chi connectivity index (χ0n) is 17.0. The van der Waals surface area contributed by atoms with Crippen LogP contribution in [0.3, 0.4) is 0 Å². The second kappa shape index (κ2) is 8.68. The van der Waals surface area contributed by atoms with Crippen LogP contribution < -0.4 is 10.5 Å². The van der Waals surface area contributed by atoms with Gasteiger partial charge in [0.1, 0.15) is 23.2 Å². The largest absolute Gasteiger partial charge is 0.479 e. The molecule has 1 atom stereocenters. The molecule has 4 heterocycles. The molecular weight excluding hydrogens is 424 g/mol. The summed E-state index contributed by atoms with van der Waals surface area (Å²) in [6.45, 7) is 0.814. The van der Waals surface area contributed by atoms with Crippen molar-refractivity contribution in [2.45, 2.75) is 6.10 Å². The second-order valence-corrected chi connectivity index (χ2v) is 8.15. The van der Waals surface area contributed by atoms with Crippen LogP contribution in [-0.2, 0) is 9.53 Å². The third-order valence-corrected chi connectivity index (χ3v) is 5.96. The Morgan fingerprint density at radius 3 is 3.03 bits per heavy atom. The first-order chi connectivity index (χ1) is 15.7. The average molecular weight is 445 g/mol. The van der Waals surface area contributed by atoms with E-state index in [1.54, 1.807) is 34.7 Å². The lowest BCUT2D eigenvalue weighted by atomic mass is 10.1. The van der Waals surface area contributed by atoms with Crippen LogP contribution in [0.1, 0.15) is 5.56 Å². The topological polar surface area (TPSA) is 90.0 Å². The summed E-state index contributed by atoms with van der Waals surface area (Å²) in [7, 11) is 0. The summed E-state index contributed by atoms with van der Waals surface area (Å²) in [5.41, 5.74) is 6.96. The zero-order valence-corrected chi connectivity index (χ0v) is 17.9. The van der Waals surface area contributed by atoms with Gasteiger partial charge in [-0.05, 0) is 40.6 Å². The van der Waals surface area contributed by atoms with Crippen LogP contribution in [0.15, 0.2) is 77.0 Å². The smallest absolute Gasteiger partial charge is 0.265 e. The Balaban J connectivity index is 1.61. The number of nitrogens with zero attached hydrogens (tertiary/aromatic N) is 3. The molecule has 160 valence electrons. The molecule has 2 N–H and O–H groups in total. The summed E-state index contributed by atoms with van der Waals surface area (Å²) < 4.78 is 11.6. The Morgan fingerprint density at radius 2 is 2.12 bits per heavy atom. The molecule has 2 aromatic heterocycles. The van der Waals surface area contributed by atoms with E-state index in [1.807, 2.05) is 29.7 Å². The monoisotopic (exact) mass is 444 g/mol. The summed E-state index contributed by atoms with van der Waals surface area (Å²) in [6, 6.07) is 8.30. The predicted octanol–water partition coefficient (Wildman–Crippen LogP) is 3.98. The summed E-state index contributed by atoms with van der Waals surface area (Å²) in [5, 5.41) is 5.11. The first-order valence-electron chi connectivity index (χ1n) is 10.1. The standard InChI is InChI=1S/C24H20N4O3S/c25-22(29)21-13-17-14-28(21)9-8-26-15-30-10-3-1-2-4-16-5-6-18-19-7-11-32-24(19)27-23(31-17)20(18)12-16/h1-9,11-13,15,17H,10,14H2,(H2,25,29)/b3-1+,4-2+,9-8+,26-15?. The summed E-state index contributed by atoms with van der Waals surface area (Å²) in [6.07, 6.45) is 13.7. The predicted molar refractivity (Wildman–Crippen MR) is 127 cm³/mol. The Hall–Kier alpha value is -3.91. The normalized spacial score (nSPS) is 21.4. The molecule has 8 heteroatoms. The number of aromatic nitrogens is 1. The van der Waals surface area contributed by atoms with E-state index >= 15 is 0 Å². The number of thiophene rings is 1. The molecule has 0 fully saturated rings. The Kier molecular flexibility index (Phi) is 5.43. The lowest BCUT2D eigenvalue weighted by Gasteiger charge is -2.17. The van der Waals surface area contributed by atoms with Gasteiger partial charge in [-0.3, -0.25) is 4.79 Å². The van der Waals surface area contributed by atoms with Gasteiger partial charge in [0, 0.05) is 23.2 Å². The van der Waals surface area contributed by atoms with Crippen molar-refractivity contribution >= 4 is 50.7 Å². The van der Waals surface area contributed by atoms with Gasteiger partial charge >= 0.3 is 0 Å². The quantitative estimate of drug-likeness (QED) is 0.613. The number of ether oxygens (including phenoxy) is 2. The lowest BCUT2D eigenvalue weighted by molar-refractivity contribution is -0.115. The average Bonchev–Trinajstić information content (AvgIpc) is 3.41. The molecule has 1 amide bonds. The van der Waals surface area contributed by atoms with Crippen molar-refractivity contribution in [2.75, 3.05) is 13.2 Å². The molecule has 2 aliphatic heterocycles. The zero-order chi connectivity index (χ0) is 21.9. The van der Waals surface area contributed by atoms with Crippen LogP contribution >= 0.6 is 11.3 Å². The molecule has 4 bridgehead atoms. The van der Waals surface area contributed by atoms with Gasteiger partial charge in [-0.1, -0.05) is 30.4 Å². The van der Waals surface area contributed by atoms with Crippen LogP contribution in [0.25, 0.3) is 27.1 Å². The molecule has 0 saturated carbocycles. The fourth-order valence-electron chi connectivity index (χ4n) is 3.71. The number of pyridine rings is 1. The van der Waals surface area contributed by atoms with E-state index in [1.165, 1.54) is 6.40 Å². The van der Waals surface area contributed by atoms with Crippen molar-refractivity contribution in [3.05, 3.63) is 77.6 Å². The van der Waals surface area contributed by atoms with Crippen molar-refractivity contribution < 1.29 is 14.3 Å². The maximum Gasteiger partial charge on any atom is 0.265 e. The van der Waals surface area contributed by atoms with Gasteiger partial charge in [-0.2, -0.15) is 0 Å². The minimum Gasteiger partial charge on any atom is -0.479 e. The number of rotatable bonds is 1. The van der Waals surface area contributed by atoms with E-state index < -0.39 is 12.0 Å². The fourth-order valence-corrected chi connectivity index (χ4v) is 4.48. The van der Waals surface area contributed by atoms with Crippen LogP contribution in [-0.4, -0.2) is 41.4 Å². The second-order valence-electron chi connectivity index (χ2n) is 7.26. The number of fused-ring (bicyclic) bond motifs is 5. The summed E-state index contributed by atoms with van der Waals surface area (Å²) in [4.78, 5) is 23.4. The number of nitrogens with two attached hydrogens (primary N) is 1. The fraction of sp³-hybridized carbons (Fsp3) is 0.125. The maximum atomic E-state index is 12.0. The molecule has 7 nitrogen and oxygen atoms in total. The minimum absolute atomic E-state index is 0.355. The van der Waals surface area contributed by atoms with Crippen molar-refractivity contribution in [3.8, 4) is 5.88 Å². The molecule has 0 saturated heterocycles. The molecule has 2 aliphatic rings. The number of carbonyl (C=O) groups excluding carboxylic acids is 1. The summed E-state index contributed by atoms with van der Waals surface area (Å²) >= 11 is 1.57. The number of hydrogen-bond donors (Lipinski definition) is 1. The van der Waals surface area contributed by atoms with Gasteiger partial charge < -0.3 is 20.1 Å². The number of aliphatic imine (C=N–C) groups is 1. The molecule has 1 unspecified atom stereocenters. The maximum absolute atomic E-state index is 12.0. The van der Waals surface area contributed by atoms with Crippen molar-refractivity contribution in [1.29, 1.82) is 0 Å². The number of hydrogen-bond acceptors (Lipinski definition) is 7. The first kappa shape index (κ1) is 20.0. The van der Waals surface area contributed by atoms with Crippen LogP contribution in [0, 0.1) is 0 Å². The Labute approximate surface area is 188 Å². The van der Waals surface area contributed by atoms with Crippen molar-refractivity contribution in [2.24, 2.45) is 10.7 Å². The molecule has 0 aliphatic carbocycles. The number of allylic oxidation sites excluding steroid dienone is 2. The highest BCUT2D eigenvalue weighted by atomic mass is 32.1. The van der Waals surface area contributed by atoms with Gasteiger partial charge in [0.05, 0.1) is 6.54 Å². The number of benzene rings is 1. The molecule has 32 heavy (non-hydrogen) atoms. The number of primary amides is 1. The molecule has 3 aromatic rings. The van der Waals surface area contributed by atoms with Crippen LogP contribution in [0.4, 0.5) is 0 Å². The van der Waals surface area contributed by atoms with E-state index in [0.29, 0.717) is 24.7 Å². The molecule has 0 radical (unpaired) electrons. The highest BCUT2D eigenvalue weighted by Crippen LogP contribution is 2.35. The van der Waals surface area contributed by atoms with Gasteiger partial charge in [-0.15, -0.1) is 11.3 Å². The van der Waals surface area contributed by atoms with Crippen LogP contribution in [0.5, 0.6) is 5.88 Å². The highest BCUT2D eigenvalue weighted by Gasteiger charge is 2.27. The first-order valence-corrected chi connectivity index (χ1v) is 11.0. The number of amides is 1. The third-order valence-electron chi connectivity index (χ3n) is 5.15. The van der Waals surface area contributed by atoms with E-state index in [4.69, 9.17) is 20.2 Å². The van der Waals surface area contributed by atoms with Gasteiger partial charge in [-0.25, -0.2) is 9.98 Å². The van der Waals surface area contributed by atoms with Crippen LogP contribution in [0.2, 0.25) is 0 Å². The number of carbonyl (C=O) groups is 1. The molecular formula is C24H20N4O3S. The lowest BCUT2D eigenvalue weighted by Crippen LogP contribution is -2.27. The van der Waals surface area contributed by atoms with Gasteiger partial charge in [0.25, 0.3) is 5.91 Å².